The fraction of sp³-hybridized carbons (Fsp3) is 0.310. The number of hydrogen-bond acceptors (Lipinski definition) is 2. The molecule has 0 heterocycles. The number of allylic oxidation sites excluding steroid dienone is 4. The first kappa shape index (κ1) is 53.2. The minimum absolute atomic E-state index is 0. The molecule has 6 aromatic carbocycles. The third kappa shape index (κ3) is 10.2. The Morgan fingerprint density at radius 2 is 0.703 bits per heavy atom. The molecule has 12 rings (SSSR count). The average Bonchev–Trinajstić information content (AvgIpc) is 3.24. The van der Waals surface area contributed by atoms with E-state index in [1.165, 1.54) is 81.2 Å². The van der Waals surface area contributed by atoms with Gasteiger partial charge in [-0.25, -0.2) is 0 Å². The van der Waals surface area contributed by atoms with Crippen LogP contribution in [0.2, 0.25) is 0 Å². The summed E-state index contributed by atoms with van der Waals surface area (Å²) >= 11 is 4.79. The van der Waals surface area contributed by atoms with E-state index in [4.69, 9.17) is 11.5 Å². The Hall–Kier alpha value is -1.77. The van der Waals surface area contributed by atoms with Crippen molar-refractivity contribution in [2.24, 2.45) is 23.7 Å². The summed E-state index contributed by atoms with van der Waals surface area (Å²) in [6.07, 6.45) is 7.67. The molecule has 64 heavy (non-hydrogen) atoms. The van der Waals surface area contributed by atoms with Crippen molar-refractivity contribution in [3.8, 4) is 44.5 Å². The van der Waals surface area contributed by atoms with Gasteiger partial charge in [0.05, 0.1) is 0 Å². The zero-order chi connectivity index (χ0) is 42.0. The van der Waals surface area contributed by atoms with Crippen LogP contribution in [0.25, 0.3) is 44.5 Å². The Labute approximate surface area is 472 Å². The predicted molar refractivity (Wildman–Crippen MR) is 287 cm³/mol. The van der Waals surface area contributed by atoms with Crippen molar-refractivity contribution in [1.29, 1.82) is 0 Å². The third-order valence-electron chi connectivity index (χ3n) is 14.3. The molecule has 0 radical (unpaired) electrons. The Kier molecular flexibility index (Phi) is 18.4. The van der Waals surface area contributed by atoms with Crippen LogP contribution < -0.4 is 86.8 Å². The molecule has 0 saturated heterocycles. The molecule has 0 spiro atoms. The molecule has 4 N–H and O–H groups in total. The van der Waals surface area contributed by atoms with Crippen LogP contribution in [0.15, 0.2) is 145 Å². The Balaban J connectivity index is 0.000000227. The monoisotopic (exact) mass is 1210 g/mol. The van der Waals surface area contributed by atoms with Crippen molar-refractivity contribution in [3.05, 3.63) is 174 Å². The van der Waals surface area contributed by atoms with Gasteiger partial charge in [-0.05, 0) is 211 Å². The van der Waals surface area contributed by atoms with E-state index in [9.17, 15) is 0 Å². The van der Waals surface area contributed by atoms with E-state index in [1.807, 2.05) is 24.3 Å². The number of nitrogens with two attached hydrogens (primary N) is 2. The summed E-state index contributed by atoms with van der Waals surface area (Å²) in [5.41, 5.74) is 33.7. The van der Waals surface area contributed by atoms with E-state index >= 15 is 0 Å². The molecule has 6 atom stereocenters. The maximum absolute atomic E-state index is 5.98. The normalized spacial score (nSPS) is 20.8. The van der Waals surface area contributed by atoms with Crippen LogP contribution in [-0.4, -0.2) is 0 Å². The number of benzene rings is 6. The topological polar surface area (TPSA) is 52.0 Å². The van der Waals surface area contributed by atoms with Gasteiger partial charge < -0.3 is 35.4 Å². The predicted octanol–water partition coefficient (Wildman–Crippen LogP) is 11.3. The zero-order valence-electron chi connectivity index (χ0n) is 37.0. The van der Waals surface area contributed by atoms with Gasteiger partial charge in [0.1, 0.15) is 0 Å². The van der Waals surface area contributed by atoms with Gasteiger partial charge in [-0.2, -0.15) is 0 Å². The van der Waals surface area contributed by atoms with Gasteiger partial charge in [0.15, 0.2) is 0 Å². The van der Waals surface area contributed by atoms with Gasteiger partial charge in [-0.1, -0.05) is 139 Å². The van der Waals surface area contributed by atoms with E-state index in [0.717, 1.165) is 17.3 Å². The first-order chi connectivity index (χ1) is 28.9. The molecule has 2 nitrogen and oxygen atoms in total. The summed E-state index contributed by atoms with van der Waals surface area (Å²) in [5, 5.41) is 0. The van der Waals surface area contributed by atoms with E-state index in [0.29, 0.717) is 41.4 Å². The SMILES string of the molecule is C.C.CC1=CC2c3c(-c4ccc(I)cc4)ccc(-c4ccc(I)cc4)c3C1CC2C(C)C.CC1=CC2c3c(-c4ccc(N)cc4)ccc(-c4ccc(N)cc4)c3C1CC2C(C)C.[I-].[K+]. The molecule has 6 unspecified atom stereocenters. The molecule has 6 aromatic rings. The van der Waals surface area contributed by atoms with Crippen molar-refractivity contribution >= 4 is 56.6 Å². The first-order valence-corrected chi connectivity index (χ1v) is 24.0. The zero-order valence-corrected chi connectivity index (χ0v) is 46.6. The average molecular weight is 1210 g/mol. The molecular weight excluding hydrogens is 1140 g/mol. The van der Waals surface area contributed by atoms with E-state index in [2.05, 4.69) is 196 Å². The maximum atomic E-state index is 5.98. The Morgan fingerprint density at radius 3 is 0.984 bits per heavy atom. The molecule has 0 aromatic heterocycles. The number of rotatable bonds is 6. The first-order valence-electron chi connectivity index (χ1n) is 21.8. The second-order valence-electron chi connectivity index (χ2n) is 18.5. The van der Waals surface area contributed by atoms with Crippen LogP contribution in [-0.2, 0) is 0 Å². The second kappa shape index (κ2) is 22.1. The molecule has 0 amide bonds. The minimum atomic E-state index is 0. The number of fused-ring (bicyclic) bond motifs is 2. The largest absolute Gasteiger partial charge is 1.00 e. The van der Waals surface area contributed by atoms with Crippen LogP contribution in [0.4, 0.5) is 11.4 Å². The van der Waals surface area contributed by atoms with Crippen LogP contribution in [0, 0.1) is 30.8 Å². The van der Waals surface area contributed by atoms with Gasteiger partial charge in [-0.3, -0.25) is 0 Å². The third-order valence-corrected chi connectivity index (χ3v) is 15.8. The van der Waals surface area contributed by atoms with Crippen molar-refractivity contribution in [2.45, 2.75) is 92.9 Å². The summed E-state index contributed by atoms with van der Waals surface area (Å²) in [5.74, 6) is 4.76. The summed E-state index contributed by atoms with van der Waals surface area (Å²) in [7, 11) is 0. The molecule has 0 saturated carbocycles. The van der Waals surface area contributed by atoms with Gasteiger partial charge >= 0.3 is 51.4 Å². The van der Waals surface area contributed by atoms with Crippen molar-refractivity contribution in [2.75, 3.05) is 11.5 Å². The van der Waals surface area contributed by atoms with Crippen LogP contribution in [0.3, 0.4) is 0 Å². The molecular formula is C58H64I3KN2. The van der Waals surface area contributed by atoms with Crippen molar-refractivity contribution in [1.82, 2.24) is 0 Å². The molecule has 6 aliphatic rings. The molecule has 4 bridgehead atoms. The Morgan fingerprint density at radius 1 is 0.438 bits per heavy atom. The number of nitrogen functional groups attached to an aromatic ring is 2. The van der Waals surface area contributed by atoms with Crippen LogP contribution in [0.1, 0.15) is 115 Å². The number of hydrogen-bond donors (Lipinski definition) is 2. The van der Waals surface area contributed by atoms with Crippen molar-refractivity contribution < 1.29 is 75.4 Å². The van der Waals surface area contributed by atoms with E-state index in [-0.39, 0.29) is 90.2 Å². The summed E-state index contributed by atoms with van der Waals surface area (Å²) < 4.78 is 2.58. The fourth-order valence-electron chi connectivity index (χ4n) is 11.2. The van der Waals surface area contributed by atoms with E-state index < -0.39 is 0 Å². The summed E-state index contributed by atoms with van der Waals surface area (Å²) in [6, 6.07) is 44.2. The standard InChI is InChI=1S/C28H26I2.C28H30N2.2CH4.HI.K/c2*1-16(2)24-15-25-17(3)14-26(24)28-23(19-6-10-21(30)11-7-19)13-12-22(27(25)28)18-4-8-20(29)9-5-18;;;;/h4-14,16,24-26H,15H2,1-3H3;4-14,16,24-26H,15,29-30H2,1-3H3;2*1H4;1H;/q;;;;;+1/p-1. The van der Waals surface area contributed by atoms with Gasteiger partial charge in [0, 0.05) is 42.2 Å². The quantitative estimate of drug-likeness (QED) is 0.0756. The Bertz CT molecular complexity index is 2440. The van der Waals surface area contributed by atoms with E-state index in [1.54, 1.807) is 16.7 Å². The molecule has 0 fully saturated rings. The molecule has 6 aliphatic carbocycles. The van der Waals surface area contributed by atoms with Crippen molar-refractivity contribution in [3.63, 3.8) is 0 Å². The number of halogens is 3. The minimum Gasteiger partial charge on any atom is -1.00 e. The van der Waals surface area contributed by atoms with Gasteiger partial charge in [0.25, 0.3) is 0 Å². The maximum Gasteiger partial charge on any atom is 1.00 e. The fourth-order valence-corrected chi connectivity index (χ4v) is 12.0. The summed E-state index contributed by atoms with van der Waals surface area (Å²) in [4.78, 5) is 0. The van der Waals surface area contributed by atoms with Crippen LogP contribution >= 0.6 is 45.2 Å². The van der Waals surface area contributed by atoms with Gasteiger partial charge in [0.2, 0.25) is 0 Å². The molecule has 0 aliphatic heterocycles. The van der Waals surface area contributed by atoms with Crippen LogP contribution in [0.5, 0.6) is 0 Å². The second-order valence-corrected chi connectivity index (χ2v) is 21.0. The smallest absolute Gasteiger partial charge is 1.00 e. The summed E-state index contributed by atoms with van der Waals surface area (Å²) in [6.45, 7) is 14.2. The molecule has 328 valence electrons. The number of anilines is 2. The molecule has 6 heteroatoms. The van der Waals surface area contributed by atoms with Gasteiger partial charge in [-0.15, -0.1) is 0 Å².